The number of carbonyl (C=O) groups excluding carboxylic acids is 1. The highest BCUT2D eigenvalue weighted by Gasteiger charge is 2.24. The summed E-state index contributed by atoms with van der Waals surface area (Å²) in [6, 6.07) is 10.1. The molecule has 1 aliphatic rings. The van der Waals surface area contributed by atoms with Crippen LogP contribution in [0, 0.1) is 6.92 Å². The second-order valence-electron chi connectivity index (χ2n) is 6.14. The summed E-state index contributed by atoms with van der Waals surface area (Å²) in [5.74, 6) is 0.667. The minimum absolute atomic E-state index is 0.205. The quantitative estimate of drug-likeness (QED) is 0.779. The van der Waals surface area contributed by atoms with E-state index < -0.39 is 0 Å². The number of fused-ring (bicyclic) bond motifs is 1. The molecule has 1 N–H and O–H groups in total. The number of rotatable bonds is 3. The van der Waals surface area contributed by atoms with Gasteiger partial charge in [0.05, 0.1) is 5.69 Å². The molecule has 0 radical (unpaired) electrons. The van der Waals surface area contributed by atoms with Crippen LogP contribution in [0.5, 0.6) is 0 Å². The van der Waals surface area contributed by atoms with E-state index in [1.807, 2.05) is 37.3 Å². The summed E-state index contributed by atoms with van der Waals surface area (Å²) in [7, 11) is 0. The maximum atomic E-state index is 12.8. The van der Waals surface area contributed by atoms with Gasteiger partial charge in [-0.15, -0.1) is 10.2 Å². The average molecular weight is 353 g/mol. The van der Waals surface area contributed by atoms with Crippen LogP contribution in [0.1, 0.15) is 40.5 Å². The van der Waals surface area contributed by atoms with Crippen molar-refractivity contribution in [3.8, 4) is 11.4 Å². The van der Waals surface area contributed by atoms with Crippen molar-refractivity contribution in [2.45, 2.75) is 39.2 Å². The van der Waals surface area contributed by atoms with E-state index in [0.29, 0.717) is 10.8 Å². The molecule has 0 unspecified atom stereocenters. The molecule has 1 aromatic carbocycles. The van der Waals surface area contributed by atoms with E-state index in [-0.39, 0.29) is 5.91 Å². The predicted octanol–water partition coefficient (Wildman–Crippen LogP) is 3.69. The van der Waals surface area contributed by atoms with Gasteiger partial charge in [0, 0.05) is 12.1 Å². The van der Waals surface area contributed by atoms with E-state index >= 15 is 0 Å². The second-order valence-corrected chi connectivity index (χ2v) is 7.32. The summed E-state index contributed by atoms with van der Waals surface area (Å²) in [5.41, 5.74) is 2.57. The summed E-state index contributed by atoms with van der Waals surface area (Å²) in [6.07, 6.45) is 4.24. The molecule has 1 aliphatic heterocycles. The smallest absolute Gasteiger partial charge is 0.277 e. The number of hydrogen-bond acceptors (Lipinski definition) is 5. The van der Waals surface area contributed by atoms with Crippen molar-refractivity contribution in [1.82, 2.24) is 19.7 Å². The molecule has 1 amide bonds. The minimum atomic E-state index is -0.205. The number of amides is 1. The monoisotopic (exact) mass is 353 g/mol. The summed E-state index contributed by atoms with van der Waals surface area (Å²) in [4.78, 5) is 17.5. The third-order valence-electron chi connectivity index (χ3n) is 4.36. The van der Waals surface area contributed by atoms with Crippen LogP contribution < -0.4 is 5.32 Å². The Hall–Kier alpha value is -2.54. The normalized spacial score (nSPS) is 14.0. The van der Waals surface area contributed by atoms with Gasteiger partial charge in [-0.05, 0) is 26.2 Å². The lowest BCUT2D eigenvalue weighted by atomic mass is 10.1. The maximum Gasteiger partial charge on any atom is 0.277 e. The van der Waals surface area contributed by atoms with Gasteiger partial charge in [0.1, 0.15) is 16.5 Å². The Labute approximate surface area is 149 Å². The molecule has 128 valence electrons. The van der Waals surface area contributed by atoms with E-state index in [0.717, 1.165) is 47.9 Å². The van der Waals surface area contributed by atoms with Crippen LogP contribution in [0.4, 0.5) is 5.13 Å². The minimum Gasteiger partial charge on any atom is -0.327 e. The number of hydrogen-bond donors (Lipinski definition) is 1. The fraction of sp³-hybridized carbons (Fsp3) is 0.333. The number of nitrogens with zero attached hydrogens (tertiary/aromatic N) is 4. The van der Waals surface area contributed by atoms with Gasteiger partial charge < -0.3 is 4.57 Å². The van der Waals surface area contributed by atoms with Gasteiger partial charge in [0.25, 0.3) is 5.91 Å². The van der Waals surface area contributed by atoms with Gasteiger partial charge in [-0.1, -0.05) is 48.1 Å². The van der Waals surface area contributed by atoms with Crippen LogP contribution in [-0.4, -0.2) is 25.7 Å². The van der Waals surface area contributed by atoms with Crippen molar-refractivity contribution in [2.75, 3.05) is 5.32 Å². The molecule has 7 heteroatoms. The molecule has 0 atom stereocenters. The van der Waals surface area contributed by atoms with E-state index in [9.17, 15) is 4.79 Å². The predicted molar refractivity (Wildman–Crippen MR) is 97.8 cm³/mol. The number of nitrogens with one attached hydrogen (secondary N) is 1. The Morgan fingerprint density at radius 3 is 2.76 bits per heavy atom. The van der Waals surface area contributed by atoms with Gasteiger partial charge >= 0.3 is 0 Å². The van der Waals surface area contributed by atoms with Gasteiger partial charge in [-0.2, -0.15) is 0 Å². The molecule has 0 saturated heterocycles. The summed E-state index contributed by atoms with van der Waals surface area (Å²) >= 11 is 1.37. The Morgan fingerprint density at radius 2 is 2.00 bits per heavy atom. The fourth-order valence-corrected chi connectivity index (χ4v) is 3.80. The molecule has 0 fully saturated rings. The van der Waals surface area contributed by atoms with E-state index in [1.54, 1.807) is 0 Å². The van der Waals surface area contributed by atoms with Crippen LogP contribution in [0.2, 0.25) is 0 Å². The standard InChI is InChI=1S/C18H19N5OS/c1-12-21-22-18(25-12)20-17(24)15-14-10-6-3-7-11-23(14)16(19-15)13-8-4-2-5-9-13/h2,4-5,8-9H,3,6-7,10-11H2,1H3,(H,20,22,24). The number of benzene rings is 1. The number of aromatic nitrogens is 4. The maximum absolute atomic E-state index is 12.8. The largest absolute Gasteiger partial charge is 0.327 e. The number of aryl methyl sites for hydroxylation is 1. The SMILES string of the molecule is Cc1nnc(NC(=O)c2nc(-c3ccccc3)n3c2CCCCC3)s1. The van der Waals surface area contributed by atoms with E-state index in [1.165, 1.54) is 17.8 Å². The first-order chi connectivity index (χ1) is 12.2. The molecule has 4 rings (SSSR count). The van der Waals surface area contributed by atoms with Gasteiger partial charge in [0.2, 0.25) is 5.13 Å². The first-order valence-corrected chi connectivity index (χ1v) is 9.30. The zero-order chi connectivity index (χ0) is 17.2. The Balaban J connectivity index is 1.74. The molecule has 0 spiro atoms. The summed E-state index contributed by atoms with van der Waals surface area (Å²) in [6.45, 7) is 2.77. The molecule has 3 heterocycles. The van der Waals surface area contributed by atoms with Crippen LogP contribution in [0.25, 0.3) is 11.4 Å². The third kappa shape index (κ3) is 3.19. The lowest BCUT2D eigenvalue weighted by Gasteiger charge is -2.08. The highest BCUT2D eigenvalue weighted by molar-refractivity contribution is 7.15. The van der Waals surface area contributed by atoms with Crippen LogP contribution in [0.15, 0.2) is 30.3 Å². The molecular weight excluding hydrogens is 334 g/mol. The molecule has 6 nitrogen and oxygen atoms in total. The molecule has 3 aromatic rings. The zero-order valence-electron chi connectivity index (χ0n) is 14.0. The highest BCUT2D eigenvalue weighted by atomic mass is 32.1. The van der Waals surface area contributed by atoms with Crippen molar-refractivity contribution in [1.29, 1.82) is 0 Å². The molecule has 25 heavy (non-hydrogen) atoms. The molecule has 0 bridgehead atoms. The molecule has 2 aromatic heterocycles. The highest BCUT2D eigenvalue weighted by Crippen LogP contribution is 2.27. The molecule has 0 saturated carbocycles. The van der Waals surface area contributed by atoms with Crippen LogP contribution in [-0.2, 0) is 13.0 Å². The number of imidazole rings is 1. The average Bonchev–Trinajstić information content (AvgIpc) is 3.11. The Bertz CT molecular complexity index is 900. The molecular formula is C18H19N5OS. The molecule has 0 aliphatic carbocycles. The van der Waals surface area contributed by atoms with Crippen molar-refractivity contribution < 1.29 is 4.79 Å². The van der Waals surface area contributed by atoms with Gasteiger partial charge in [0.15, 0.2) is 0 Å². The first kappa shape index (κ1) is 16.0. The fourth-order valence-electron chi connectivity index (χ4n) is 3.21. The summed E-state index contributed by atoms with van der Waals surface area (Å²) < 4.78 is 2.21. The van der Waals surface area contributed by atoms with Crippen LogP contribution in [0.3, 0.4) is 0 Å². The van der Waals surface area contributed by atoms with Crippen molar-refractivity contribution >= 4 is 22.4 Å². The van der Waals surface area contributed by atoms with Crippen molar-refractivity contribution in [2.24, 2.45) is 0 Å². The van der Waals surface area contributed by atoms with Gasteiger partial charge in [-0.3, -0.25) is 10.1 Å². The Morgan fingerprint density at radius 1 is 1.16 bits per heavy atom. The third-order valence-corrected chi connectivity index (χ3v) is 5.12. The first-order valence-electron chi connectivity index (χ1n) is 8.48. The van der Waals surface area contributed by atoms with E-state index in [4.69, 9.17) is 4.98 Å². The van der Waals surface area contributed by atoms with Gasteiger partial charge in [-0.25, -0.2) is 4.98 Å². The Kier molecular flexibility index (Phi) is 4.31. The zero-order valence-corrected chi connectivity index (χ0v) is 14.8. The summed E-state index contributed by atoms with van der Waals surface area (Å²) in [5, 5.41) is 12.1. The number of anilines is 1. The van der Waals surface area contributed by atoms with Crippen molar-refractivity contribution in [3.05, 3.63) is 46.7 Å². The second kappa shape index (κ2) is 6.76. The lowest BCUT2D eigenvalue weighted by Crippen LogP contribution is -2.15. The lowest BCUT2D eigenvalue weighted by molar-refractivity contribution is 0.102. The topological polar surface area (TPSA) is 72.7 Å². The van der Waals surface area contributed by atoms with Crippen LogP contribution >= 0.6 is 11.3 Å². The van der Waals surface area contributed by atoms with E-state index in [2.05, 4.69) is 20.1 Å². The van der Waals surface area contributed by atoms with Crippen molar-refractivity contribution in [3.63, 3.8) is 0 Å². The number of carbonyl (C=O) groups is 1.